The number of sulfonamides is 1. The minimum absolute atomic E-state index is 0. The highest BCUT2D eigenvalue weighted by molar-refractivity contribution is 7.89. The van der Waals surface area contributed by atoms with Gasteiger partial charge in [0.1, 0.15) is 0 Å². The van der Waals surface area contributed by atoms with Crippen molar-refractivity contribution in [2.24, 2.45) is 0 Å². The van der Waals surface area contributed by atoms with Crippen LogP contribution in [0.2, 0.25) is 0 Å². The number of rotatable bonds is 5. The van der Waals surface area contributed by atoms with Crippen LogP contribution in [0.1, 0.15) is 43.0 Å². The van der Waals surface area contributed by atoms with Crippen LogP contribution in [-0.4, -0.2) is 39.0 Å². The molecule has 1 amide bonds. The number of piperidine rings is 1. The van der Waals surface area contributed by atoms with Gasteiger partial charge in [0.05, 0.1) is 4.90 Å². The summed E-state index contributed by atoms with van der Waals surface area (Å²) in [5, 5.41) is 6.33. The molecule has 1 aliphatic heterocycles. The molecule has 1 aliphatic carbocycles. The summed E-state index contributed by atoms with van der Waals surface area (Å²) in [5.41, 5.74) is 0.376. The Morgan fingerprint density at radius 3 is 2.67 bits per heavy atom. The van der Waals surface area contributed by atoms with Crippen molar-refractivity contribution >= 4 is 28.3 Å². The van der Waals surface area contributed by atoms with Crippen molar-refractivity contribution in [3.8, 4) is 0 Å². The molecule has 1 saturated carbocycles. The van der Waals surface area contributed by atoms with Gasteiger partial charge in [-0.25, -0.2) is 13.1 Å². The fraction of sp³-hybridized carbons (Fsp3) is 0.562. The summed E-state index contributed by atoms with van der Waals surface area (Å²) in [7, 11) is -3.54. The molecule has 8 heteroatoms. The number of hydrogen-bond acceptors (Lipinski definition) is 4. The standard InChI is InChI=1S/C16H23N3O3S.ClH/c1-11-15(6-3-9-17-11)18-16(20)12-4-2-5-14(10-12)23(21,22)19-13-7-8-13;/h2,4-5,10-11,13,15,17,19H,3,6-9H2,1H3,(H,18,20);1H. The summed E-state index contributed by atoms with van der Waals surface area (Å²) in [4.78, 5) is 12.6. The number of benzene rings is 1. The van der Waals surface area contributed by atoms with Crippen LogP contribution in [0.25, 0.3) is 0 Å². The number of hydrogen-bond donors (Lipinski definition) is 3. The predicted molar refractivity (Wildman–Crippen MR) is 95.0 cm³/mol. The molecule has 1 aromatic carbocycles. The smallest absolute Gasteiger partial charge is 0.251 e. The second-order valence-electron chi connectivity index (χ2n) is 6.39. The van der Waals surface area contributed by atoms with E-state index in [1.807, 2.05) is 6.92 Å². The summed E-state index contributed by atoms with van der Waals surface area (Å²) >= 11 is 0. The molecule has 2 atom stereocenters. The zero-order valence-corrected chi connectivity index (χ0v) is 15.3. The van der Waals surface area contributed by atoms with Gasteiger partial charge in [0, 0.05) is 23.7 Å². The molecule has 0 aromatic heterocycles. The van der Waals surface area contributed by atoms with Gasteiger partial charge in [-0.05, 0) is 57.4 Å². The van der Waals surface area contributed by atoms with E-state index in [0.717, 1.165) is 32.2 Å². The minimum atomic E-state index is -3.54. The van der Waals surface area contributed by atoms with Crippen molar-refractivity contribution in [2.75, 3.05) is 6.54 Å². The van der Waals surface area contributed by atoms with E-state index < -0.39 is 10.0 Å². The summed E-state index contributed by atoms with van der Waals surface area (Å²) < 4.78 is 27.1. The molecule has 0 spiro atoms. The molecule has 1 saturated heterocycles. The monoisotopic (exact) mass is 373 g/mol. The van der Waals surface area contributed by atoms with E-state index in [2.05, 4.69) is 15.4 Å². The Morgan fingerprint density at radius 2 is 2.00 bits per heavy atom. The Labute approximate surface area is 149 Å². The molecule has 1 heterocycles. The summed E-state index contributed by atoms with van der Waals surface area (Å²) in [6.45, 7) is 3.01. The predicted octanol–water partition coefficient (Wildman–Crippen LogP) is 1.42. The molecule has 2 fully saturated rings. The molecule has 3 N–H and O–H groups in total. The van der Waals surface area contributed by atoms with E-state index in [1.54, 1.807) is 12.1 Å². The average molecular weight is 374 g/mol. The summed E-state index contributed by atoms with van der Waals surface area (Å²) in [6.07, 6.45) is 3.72. The van der Waals surface area contributed by atoms with Crippen LogP contribution in [-0.2, 0) is 10.0 Å². The van der Waals surface area contributed by atoms with E-state index in [-0.39, 0.29) is 41.3 Å². The fourth-order valence-electron chi connectivity index (χ4n) is 2.79. The zero-order valence-electron chi connectivity index (χ0n) is 13.6. The molecular formula is C16H24ClN3O3S. The largest absolute Gasteiger partial charge is 0.348 e. The number of halogens is 1. The second kappa shape index (κ2) is 7.82. The van der Waals surface area contributed by atoms with Gasteiger partial charge in [-0.1, -0.05) is 6.07 Å². The molecule has 3 rings (SSSR count). The molecular weight excluding hydrogens is 350 g/mol. The van der Waals surface area contributed by atoms with Gasteiger partial charge >= 0.3 is 0 Å². The first-order chi connectivity index (χ1) is 11.0. The van der Waals surface area contributed by atoms with Crippen molar-refractivity contribution < 1.29 is 13.2 Å². The normalized spacial score (nSPS) is 24.0. The van der Waals surface area contributed by atoms with Gasteiger partial charge in [-0.15, -0.1) is 12.4 Å². The van der Waals surface area contributed by atoms with E-state index in [4.69, 9.17) is 0 Å². The van der Waals surface area contributed by atoms with Crippen molar-refractivity contribution in [3.63, 3.8) is 0 Å². The van der Waals surface area contributed by atoms with E-state index in [0.29, 0.717) is 5.56 Å². The Morgan fingerprint density at radius 1 is 1.25 bits per heavy atom. The lowest BCUT2D eigenvalue weighted by atomic mass is 9.99. The minimum Gasteiger partial charge on any atom is -0.348 e. The maximum Gasteiger partial charge on any atom is 0.251 e. The lowest BCUT2D eigenvalue weighted by Crippen LogP contribution is -2.51. The number of amides is 1. The third kappa shape index (κ3) is 4.69. The summed E-state index contributed by atoms with van der Waals surface area (Å²) in [5.74, 6) is -0.228. The number of nitrogens with one attached hydrogen (secondary N) is 3. The maximum atomic E-state index is 12.4. The number of carbonyl (C=O) groups is 1. The van der Waals surface area contributed by atoms with Crippen molar-refractivity contribution in [2.45, 2.75) is 55.6 Å². The van der Waals surface area contributed by atoms with Crippen molar-refractivity contribution in [1.82, 2.24) is 15.4 Å². The first-order valence-electron chi connectivity index (χ1n) is 8.12. The van der Waals surface area contributed by atoms with Gasteiger partial charge < -0.3 is 10.6 Å². The Bertz CT molecular complexity index is 692. The second-order valence-corrected chi connectivity index (χ2v) is 8.10. The number of carbonyl (C=O) groups excluding carboxylic acids is 1. The van der Waals surface area contributed by atoms with Crippen molar-refractivity contribution in [3.05, 3.63) is 29.8 Å². The van der Waals surface area contributed by atoms with Crippen LogP contribution in [0.5, 0.6) is 0 Å². The lowest BCUT2D eigenvalue weighted by Gasteiger charge is -2.30. The topological polar surface area (TPSA) is 87.3 Å². The van der Waals surface area contributed by atoms with Gasteiger partial charge in [-0.2, -0.15) is 0 Å². The van der Waals surface area contributed by atoms with Crippen LogP contribution in [0.15, 0.2) is 29.2 Å². The molecule has 6 nitrogen and oxygen atoms in total. The molecule has 2 aliphatic rings. The van der Waals surface area contributed by atoms with Crippen LogP contribution >= 0.6 is 12.4 Å². The fourth-order valence-corrected chi connectivity index (χ4v) is 4.14. The van der Waals surface area contributed by atoms with E-state index >= 15 is 0 Å². The van der Waals surface area contributed by atoms with E-state index in [9.17, 15) is 13.2 Å². The van der Waals surface area contributed by atoms with Crippen LogP contribution in [0.4, 0.5) is 0 Å². The van der Waals surface area contributed by atoms with E-state index in [1.165, 1.54) is 12.1 Å². The van der Waals surface area contributed by atoms with Crippen LogP contribution in [0, 0.1) is 0 Å². The molecule has 1 aromatic rings. The highest BCUT2D eigenvalue weighted by atomic mass is 35.5. The first kappa shape index (κ1) is 19.2. The van der Waals surface area contributed by atoms with Gasteiger partial charge in [-0.3, -0.25) is 4.79 Å². The Balaban J connectivity index is 0.00000208. The average Bonchev–Trinajstić information content (AvgIpc) is 3.33. The third-order valence-electron chi connectivity index (χ3n) is 4.38. The Hall–Kier alpha value is -1.15. The molecule has 134 valence electrons. The van der Waals surface area contributed by atoms with Gasteiger partial charge in [0.15, 0.2) is 0 Å². The first-order valence-corrected chi connectivity index (χ1v) is 9.61. The highest BCUT2D eigenvalue weighted by Gasteiger charge is 2.28. The summed E-state index contributed by atoms with van der Waals surface area (Å²) in [6, 6.07) is 6.56. The van der Waals surface area contributed by atoms with Gasteiger partial charge in [0.25, 0.3) is 5.91 Å². The van der Waals surface area contributed by atoms with Crippen LogP contribution < -0.4 is 15.4 Å². The maximum absolute atomic E-state index is 12.4. The van der Waals surface area contributed by atoms with Gasteiger partial charge in [0.2, 0.25) is 10.0 Å². The zero-order chi connectivity index (χ0) is 16.4. The lowest BCUT2D eigenvalue weighted by molar-refractivity contribution is 0.0919. The molecule has 0 radical (unpaired) electrons. The third-order valence-corrected chi connectivity index (χ3v) is 5.90. The quantitative estimate of drug-likeness (QED) is 0.728. The van der Waals surface area contributed by atoms with Crippen molar-refractivity contribution in [1.29, 1.82) is 0 Å². The molecule has 24 heavy (non-hydrogen) atoms. The molecule has 2 unspecified atom stereocenters. The Kier molecular flexibility index (Phi) is 6.25. The van der Waals surface area contributed by atoms with Crippen LogP contribution in [0.3, 0.4) is 0 Å². The highest BCUT2D eigenvalue weighted by Crippen LogP contribution is 2.22. The molecule has 0 bridgehead atoms. The SMILES string of the molecule is CC1NCCCC1NC(=O)c1cccc(S(=O)(=O)NC2CC2)c1.Cl.